The fourth-order valence-corrected chi connectivity index (χ4v) is 1.45. The summed E-state index contributed by atoms with van der Waals surface area (Å²) in [4.78, 5) is 44.8. The number of aliphatic hydroxyl groups is 1. The first-order valence-corrected chi connectivity index (χ1v) is 6.18. The molecule has 0 aromatic carbocycles. The molecule has 0 spiro atoms. The highest BCUT2D eigenvalue weighted by molar-refractivity contribution is 5.91. The number of aliphatic hydroxyl groups excluding tert-OH is 1. The van der Waals surface area contributed by atoms with Crippen molar-refractivity contribution in [3.8, 4) is 0 Å². The number of carbonyl (C=O) groups is 4. The van der Waals surface area contributed by atoms with Crippen LogP contribution in [0.25, 0.3) is 0 Å². The molecule has 3 unspecified atom stereocenters. The number of carbonyl (C=O) groups excluding carboxylic acids is 3. The minimum absolute atomic E-state index is 0.112. The Kier molecular flexibility index (Phi) is 7.94. The molecule has 0 aliphatic carbocycles. The Hall–Kier alpha value is -2.20. The molecule has 0 fully saturated rings. The Bertz CT molecular complexity index is 412. The van der Waals surface area contributed by atoms with Gasteiger partial charge in [0.25, 0.3) is 0 Å². The number of hydrogen-bond acceptors (Lipinski definition) is 6. The normalized spacial score (nSPS) is 14.6. The van der Waals surface area contributed by atoms with Crippen molar-refractivity contribution in [3.63, 3.8) is 0 Å². The minimum Gasteiger partial charge on any atom is -0.480 e. The molecule has 8 N–H and O–H groups in total. The number of hydrogen-bond donors (Lipinski definition) is 6. The van der Waals surface area contributed by atoms with Gasteiger partial charge in [-0.3, -0.25) is 14.4 Å². The standard InChI is InChI=1S/C11H20N4O6/c1-5(16)9(11(20)21)15-10(19)6(2-3-7(13)17)14-8(18)4-12/h5-6,9,16H,2-4,12H2,1H3,(H2,13,17)(H,14,18)(H,15,19)(H,20,21). The highest BCUT2D eigenvalue weighted by atomic mass is 16.4. The molecule has 0 aromatic rings. The number of carboxylic acid groups (broad SMARTS) is 1. The number of aliphatic carboxylic acids is 1. The fourth-order valence-electron chi connectivity index (χ4n) is 1.45. The Morgan fingerprint density at radius 1 is 1.19 bits per heavy atom. The van der Waals surface area contributed by atoms with E-state index in [0.717, 1.165) is 0 Å². The van der Waals surface area contributed by atoms with Gasteiger partial charge in [0, 0.05) is 6.42 Å². The molecule has 0 aliphatic heterocycles. The van der Waals surface area contributed by atoms with Crippen LogP contribution in [-0.2, 0) is 19.2 Å². The van der Waals surface area contributed by atoms with Crippen molar-refractivity contribution in [1.82, 2.24) is 10.6 Å². The van der Waals surface area contributed by atoms with E-state index in [1.807, 2.05) is 0 Å². The number of primary amides is 1. The Labute approximate surface area is 120 Å². The maximum absolute atomic E-state index is 11.9. The zero-order valence-electron chi connectivity index (χ0n) is 11.5. The first-order chi connectivity index (χ1) is 9.68. The molecule has 0 aromatic heterocycles. The van der Waals surface area contributed by atoms with Crippen molar-refractivity contribution >= 4 is 23.7 Å². The van der Waals surface area contributed by atoms with Gasteiger partial charge >= 0.3 is 5.97 Å². The van der Waals surface area contributed by atoms with Gasteiger partial charge in [0.05, 0.1) is 12.6 Å². The summed E-state index contributed by atoms with van der Waals surface area (Å²) in [7, 11) is 0. The lowest BCUT2D eigenvalue weighted by Crippen LogP contribution is -2.55. The molecule has 21 heavy (non-hydrogen) atoms. The van der Waals surface area contributed by atoms with Crippen molar-refractivity contribution in [1.29, 1.82) is 0 Å². The van der Waals surface area contributed by atoms with Crippen LogP contribution in [0.2, 0.25) is 0 Å². The lowest BCUT2D eigenvalue weighted by molar-refractivity contribution is -0.145. The van der Waals surface area contributed by atoms with Crippen LogP contribution in [0.15, 0.2) is 0 Å². The van der Waals surface area contributed by atoms with E-state index in [4.69, 9.17) is 16.6 Å². The van der Waals surface area contributed by atoms with E-state index in [1.165, 1.54) is 6.92 Å². The van der Waals surface area contributed by atoms with E-state index >= 15 is 0 Å². The second-order valence-corrected chi connectivity index (χ2v) is 4.39. The summed E-state index contributed by atoms with van der Waals surface area (Å²) in [5.74, 6) is -3.62. The van der Waals surface area contributed by atoms with E-state index in [-0.39, 0.29) is 19.4 Å². The van der Waals surface area contributed by atoms with Gasteiger partial charge in [0.1, 0.15) is 6.04 Å². The first-order valence-electron chi connectivity index (χ1n) is 6.18. The van der Waals surface area contributed by atoms with Gasteiger partial charge in [-0.05, 0) is 13.3 Å². The summed E-state index contributed by atoms with van der Waals surface area (Å²) in [6.45, 7) is 0.815. The summed E-state index contributed by atoms with van der Waals surface area (Å²) >= 11 is 0. The third-order valence-corrected chi connectivity index (χ3v) is 2.56. The summed E-state index contributed by atoms with van der Waals surface area (Å²) in [6, 6.07) is -2.71. The van der Waals surface area contributed by atoms with Gasteiger partial charge in [-0.25, -0.2) is 4.79 Å². The average Bonchev–Trinajstić information content (AvgIpc) is 2.38. The Morgan fingerprint density at radius 3 is 2.14 bits per heavy atom. The van der Waals surface area contributed by atoms with Gasteiger partial charge in [0.2, 0.25) is 17.7 Å². The topological polar surface area (TPSA) is 185 Å². The van der Waals surface area contributed by atoms with E-state index in [0.29, 0.717) is 0 Å². The molecule has 0 saturated carbocycles. The van der Waals surface area contributed by atoms with E-state index in [1.54, 1.807) is 0 Å². The van der Waals surface area contributed by atoms with Crippen molar-refractivity contribution in [2.75, 3.05) is 6.54 Å². The lowest BCUT2D eigenvalue weighted by atomic mass is 10.1. The maximum atomic E-state index is 11.9. The zero-order valence-corrected chi connectivity index (χ0v) is 11.5. The second-order valence-electron chi connectivity index (χ2n) is 4.39. The zero-order chi connectivity index (χ0) is 16.6. The monoisotopic (exact) mass is 304 g/mol. The number of nitrogens with two attached hydrogens (primary N) is 2. The Morgan fingerprint density at radius 2 is 1.76 bits per heavy atom. The third-order valence-electron chi connectivity index (χ3n) is 2.56. The number of rotatable bonds is 9. The van der Waals surface area contributed by atoms with Gasteiger partial charge in [-0.15, -0.1) is 0 Å². The molecule has 3 atom stereocenters. The fraction of sp³-hybridized carbons (Fsp3) is 0.636. The molecule has 0 rings (SSSR count). The lowest BCUT2D eigenvalue weighted by Gasteiger charge is -2.22. The molecule has 0 aliphatic rings. The molecular weight excluding hydrogens is 284 g/mol. The predicted molar refractivity (Wildman–Crippen MR) is 70.7 cm³/mol. The van der Waals surface area contributed by atoms with Crippen LogP contribution in [0.1, 0.15) is 19.8 Å². The largest absolute Gasteiger partial charge is 0.480 e. The van der Waals surface area contributed by atoms with E-state index in [2.05, 4.69) is 10.6 Å². The first kappa shape index (κ1) is 18.8. The molecule has 3 amide bonds. The summed E-state index contributed by atoms with van der Waals surface area (Å²) in [6.07, 6.45) is -1.64. The minimum atomic E-state index is -1.54. The molecule has 0 heterocycles. The average molecular weight is 304 g/mol. The number of amides is 3. The summed E-state index contributed by atoms with van der Waals surface area (Å²) in [5.41, 5.74) is 10.1. The summed E-state index contributed by atoms with van der Waals surface area (Å²) < 4.78 is 0. The van der Waals surface area contributed by atoms with Crippen LogP contribution in [-0.4, -0.2) is 58.6 Å². The van der Waals surface area contributed by atoms with Crippen molar-refractivity contribution < 1.29 is 29.4 Å². The van der Waals surface area contributed by atoms with Crippen LogP contribution in [0, 0.1) is 0 Å². The van der Waals surface area contributed by atoms with Gasteiger partial charge in [0.15, 0.2) is 6.04 Å². The van der Waals surface area contributed by atoms with Crippen LogP contribution in [0.3, 0.4) is 0 Å². The molecule has 120 valence electrons. The number of nitrogens with one attached hydrogen (secondary N) is 2. The van der Waals surface area contributed by atoms with Crippen LogP contribution in [0.4, 0.5) is 0 Å². The van der Waals surface area contributed by atoms with Crippen LogP contribution >= 0.6 is 0 Å². The van der Waals surface area contributed by atoms with Crippen molar-refractivity contribution in [2.45, 2.75) is 38.0 Å². The van der Waals surface area contributed by atoms with E-state index < -0.39 is 41.9 Å². The van der Waals surface area contributed by atoms with Crippen LogP contribution in [0.5, 0.6) is 0 Å². The molecule has 10 heteroatoms. The quantitative estimate of drug-likeness (QED) is 0.257. The molecule has 0 bridgehead atoms. The van der Waals surface area contributed by atoms with Crippen LogP contribution < -0.4 is 22.1 Å². The molecule has 0 saturated heterocycles. The Balaban J connectivity index is 4.86. The predicted octanol–water partition coefficient (Wildman–Crippen LogP) is -3.35. The third kappa shape index (κ3) is 7.22. The number of carboxylic acids is 1. The second kappa shape index (κ2) is 8.87. The van der Waals surface area contributed by atoms with Gasteiger partial charge in [-0.1, -0.05) is 0 Å². The van der Waals surface area contributed by atoms with Gasteiger partial charge in [-0.2, -0.15) is 0 Å². The smallest absolute Gasteiger partial charge is 0.328 e. The van der Waals surface area contributed by atoms with Crippen molar-refractivity contribution in [3.05, 3.63) is 0 Å². The highest BCUT2D eigenvalue weighted by Gasteiger charge is 2.29. The molecule has 0 radical (unpaired) electrons. The molecule has 10 nitrogen and oxygen atoms in total. The van der Waals surface area contributed by atoms with Gasteiger partial charge < -0.3 is 32.3 Å². The SMILES string of the molecule is CC(O)C(NC(=O)C(CCC(N)=O)NC(=O)CN)C(=O)O. The highest BCUT2D eigenvalue weighted by Crippen LogP contribution is 2.00. The van der Waals surface area contributed by atoms with E-state index in [9.17, 15) is 24.3 Å². The van der Waals surface area contributed by atoms with Crippen molar-refractivity contribution in [2.24, 2.45) is 11.5 Å². The maximum Gasteiger partial charge on any atom is 0.328 e. The summed E-state index contributed by atoms with van der Waals surface area (Å²) in [5, 5.41) is 22.5. The molecular formula is C11H20N4O6.